The highest BCUT2D eigenvalue weighted by atomic mass is 16.5. The number of methoxy groups -OCH3 is 1. The van der Waals surface area contributed by atoms with Crippen LogP contribution in [0.1, 0.15) is 5.56 Å². The number of hydrogen-bond acceptors (Lipinski definition) is 3. The van der Waals surface area contributed by atoms with E-state index in [9.17, 15) is 0 Å². The highest BCUT2D eigenvalue weighted by Crippen LogP contribution is 2.11. The summed E-state index contributed by atoms with van der Waals surface area (Å²) >= 11 is 0. The summed E-state index contributed by atoms with van der Waals surface area (Å²) in [5, 5.41) is 0. The minimum Gasteiger partial charge on any atom is -0.497 e. The van der Waals surface area contributed by atoms with E-state index in [2.05, 4.69) is 6.58 Å². The molecule has 15 heavy (non-hydrogen) atoms. The van der Waals surface area contributed by atoms with Crippen LogP contribution in [0.15, 0.2) is 36.4 Å². The Morgan fingerprint density at radius 2 is 2.00 bits per heavy atom. The summed E-state index contributed by atoms with van der Waals surface area (Å²) in [5.74, 6) is 0.852. The molecule has 3 nitrogen and oxygen atoms in total. The summed E-state index contributed by atoms with van der Waals surface area (Å²) in [6.07, 6.45) is 0. The molecule has 0 aliphatic heterocycles. The lowest BCUT2D eigenvalue weighted by molar-refractivity contribution is 0.142. The van der Waals surface area contributed by atoms with E-state index >= 15 is 0 Å². The van der Waals surface area contributed by atoms with Gasteiger partial charge in [-0.2, -0.15) is 0 Å². The molecule has 2 N–H and O–H groups in total. The number of benzene rings is 1. The van der Waals surface area contributed by atoms with Gasteiger partial charge in [-0.25, -0.2) is 0 Å². The average molecular weight is 207 g/mol. The second kappa shape index (κ2) is 6.22. The van der Waals surface area contributed by atoms with Crippen LogP contribution in [-0.2, 0) is 11.3 Å². The Kier molecular flexibility index (Phi) is 4.87. The lowest BCUT2D eigenvalue weighted by Crippen LogP contribution is -2.07. The van der Waals surface area contributed by atoms with Crippen molar-refractivity contribution in [2.45, 2.75) is 6.61 Å². The van der Waals surface area contributed by atoms with Gasteiger partial charge < -0.3 is 15.2 Å². The van der Waals surface area contributed by atoms with Crippen LogP contribution in [0.4, 0.5) is 0 Å². The maximum Gasteiger partial charge on any atom is 0.118 e. The molecular formula is C12H17NO2. The van der Waals surface area contributed by atoms with Crippen molar-refractivity contribution in [3.05, 3.63) is 42.0 Å². The van der Waals surface area contributed by atoms with Crippen LogP contribution in [0.25, 0.3) is 0 Å². The zero-order valence-electron chi connectivity index (χ0n) is 9.03. The minimum absolute atomic E-state index is 0.475. The number of ether oxygens (including phenoxy) is 2. The van der Waals surface area contributed by atoms with E-state index in [1.165, 1.54) is 0 Å². The largest absolute Gasteiger partial charge is 0.497 e. The smallest absolute Gasteiger partial charge is 0.118 e. The van der Waals surface area contributed by atoms with Gasteiger partial charge in [-0.3, -0.25) is 0 Å². The Bertz CT molecular complexity index is 306. The summed E-state index contributed by atoms with van der Waals surface area (Å²) in [5.41, 5.74) is 7.41. The Morgan fingerprint density at radius 3 is 2.53 bits per heavy atom. The fourth-order valence-electron chi connectivity index (χ4n) is 1.09. The molecule has 0 atom stereocenters. The van der Waals surface area contributed by atoms with Gasteiger partial charge in [0.15, 0.2) is 0 Å². The SMILES string of the molecule is C=C(CN)COCc1ccc(OC)cc1. The Hall–Kier alpha value is -1.32. The Labute approximate surface area is 90.5 Å². The molecule has 1 aromatic rings. The molecule has 0 spiro atoms. The van der Waals surface area contributed by atoms with Crippen molar-refractivity contribution in [3.63, 3.8) is 0 Å². The molecule has 82 valence electrons. The number of nitrogens with two attached hydrogens (primary N) is 1. The average Bonchev–Trinajstić information content (AvgIpc) is 2.29. The summed E-state index contributed by atoms with van der Waals surface area (Å²) in [4.78, 5) is 0. The molecular weight excluding hydrogens is 190 g/mol. The molecule has 0 heterocycles. The van der Waals surface area contributed by atoms with Crippen LogP contribution in [0.2, 0.25) is 0 Å². The molecule has 0 saturated carbocycles. The highest BCUT2D eigenvalue weighted by Gasteiger charge is 1.95. The maximum absolute atomic E-state index is 5.43. The molecule has 0 unspecified atom stereocenters. The predicted octanol–water partition coefficient (Wildman–Crippen LogP) is 1.73. The third-order valence-corrected chi connectivity index (χ3v) is 2.02. The van der Waals surface area contributed by atoms with Gasteiger partial charge in [0.2, 0.25) is 0 Å². The van der Waals surface area contributed by atoms with Crippen molar-refractivity contribution in [1.82, 2.24) is 0 Å². The van der Waals surface area contributed by atoms with Gasteiger partial charge in [0.1, 0.15) is 5.75 Å². The molecule has 0 aliphatic rings. The molecule has 0 fully saturated rings. The van der Waals surface area contributed by atoms with Gasteiger partial charge in [-0.05, 0) is 23.3 Å². The van der Waals surface area contributed by atoms with Gasteiger partial charge in [0, 0.05) is 6.54 Å². The summed E-state index contributed by atoms with van der Waals surface area (Å²) in [6, 6.07) is 7.78. The first kappa shape index (κ1) is 11.8. The molecule has 0 aliphatic carbocycles. The first-order valence-corrected chi connectivity index (χ1v) is 4.83. The van der Waals surface area contributed by atoms with Gasteiger partial charge >= 0.3 is 0 Å². The third kappa shape index (κ3) is 4.14. The molecule has 0 radical (unpaired) electrons. The molecule has 0 amide bonds. The van der Waals surface area contributed by atoms with Crippen LogP contribution >= 0.6 is 0 Å². The fourth-order valence-corrected chi connectivity index (χ4v) is 1.09. The van der Waals surface area contributed by atoms with E-state index in [1.54, 1.807) is 7.11 Å². The van der Waals surface area contributed by atoms with E-state index in [0.717, 1.165) is 16.9 Å². The monoisotopic (exact) mass is 207 g/mol. The molecule has 0 saturated heterocycles. The van der Waals surface area contributed by atoms with Crippen LogP contribution in [-0.4, -0.2) is 20.3 Å². The van der Waals surface area contributed by atoms with E-state index in [0.29, 0.717) is 19.8 Å². The first-order valence-electron chi connectivity index (χ1n) is 4.83. The summed E-state index contributed by atoms with van der Waals surface area (Å²) in [7, 11) is 1.65. The lowest BCUT2D eigenvalue weighted by Gasteiger charge is -2.06. The Balaban J connectivity index is 2.34. The lowest BCUT2D eigenvalue weighted by atomic mass is 10.2. The summed E-state index contributed by atoms with van der Waals surface area (Å²) in [6.45, 7) is 5.33. The van der Waals surface area contributed by atoms with Crippen molar-refractivity contribution in [3.8, 4) is 5.75 Å². The van der Waals surface area contributed by atoms with E-state index in [-0.39, 0.29) is 0 Å². The van der Waals surface area contributed by atoms with Crippen molar-refractivity contribution in [2.24, 2.45) is 5.73 Å². The van der Waals surface area contributed by atoms with Gasteiger partial charge in [-0.1, -0.05) is 18.7 Å². The second-order valence-corrected chi connectivity index (χ2v) is 3.29. The van der Waals surface area contributed by atoms with Crippen LogP contribution < -0.4 is 10.5 Å². The van der Waals surface area contributed by atoms with Crippen molar-refractivity contribution >= 4 is 0 Å². The van der Waals surface area contributed by atoms with E-state index < -0.39 is 0 Å². The number of rotatable bonds is 6. The molecule has 1 rings (SSSR count). The quantitative estimate of drug-likeness (QED) is 0.722. The zero-order chi connectivity index (χ0) is 11.1. The van der Waals surface area contributed by atoms with Crippen molar-refractivity contribution in [2.75, 3.05) is 20.3 Å². The summed E-state index contributed by atoms with van der Waals surface area (Å²) < 4.78 is 10.5. The fraction of sp³-hybridized carbons (Fsp3) is 0.333. The van der Waals surface area contributed by atoms with Crippen LogP contribution in [0, 0.1) is 0 Å². The molecule has 3 heteroatoms. The van der Waals surface area contributed by atoms with Gasteiger partial charge in [-0.15, -0.1) is 0 Å². The topological polar surface area (TPSA) is 44.5 Å². The second-order valence-electron chi connectivity index (χ2n) is 3.29. The number of hydrogen-bond donors (Lipinski definition) is 1. The molecule has 0 aromatic heterocycles. The molecule has 1 aromatic carbocycles. The normalized spacial score (nSPS) is 10.0. The van der Waals surface area contributed by atoms with Crippen molar-refractivity contribution in [1.29, 1.82) is 0 Å². The molecule has 0 bridgehead atoms. The van der Waals surface area contributed by atoms with Gasteiger partial charge in [0.05, 0.1) is 20.3 Å². The third-order valence-electron chi connectivity index (χ3n) is 2.02. The van der Waals surface area contributed by atoms with Crippen LogP contribution in [0.5, 0.6) is 5.75 Å². The standard InChI is InChI=1S/C12H17NO2/c1-10(7-13)8-15-9-11-3-5-12(14-2)6-4-11/h3-6H,1,7-9,13H2,2H3. The first-order chi connectivity index (χ1) is 7.26. The van der Waals surface area contributed by atoms with E-state index in [4.69, 9.17) is 15.2 Å². The highest BCUT2D eigenvalue weighted by molar-refractivity contribution is 5.26. The maximum atomic E-state index is 5.43. The predicted molar refractivity (Wildman–Crippen MR) is 60.8 cm³/mol. The van der Waals surface area contributed by atoms with Crippen LogP contribution in [0.3, 0.4) is 0 Å². The van der Waals surface area contributed by atoms with E-state index in [1.807, 2.05) is 24.3 Å². The minimum atomic E-state index is 0.475. The zero-order valence-corrected chi connectivity index (χ0v) is 9.03. The Morgan fingerprint density at radius 1 is 1.33 bits per heavy atom. The van der Waals surface area contributed by atoms with Crippen molar-refractivity contribution < 1.29 is 9.47 Å². The van der Waals surface area contributed by atoms with Gasteiger partial charge in [0.25, 0.3) is 0 Å².